The predicted molar refractivity (Wildman–Crippen MR) is 66.5 cm³/mol. The average Bonchev–Trinajstić information content (AvgIpc) is 2.29. The van der Waals surface area contributed by atoms with Crippen LogP contribution in [0.15, 0.2) is 36.9 Å². The van der Waals surface area contributed by atoms with Gasteiger partial charge in [-0.15, -0.1) is 17.1 Å². The first-order valence-electron chi connectivity index (χ1n) is 4.71. The second-order valence-corrected chi connectivity index (χ2v) is 3.37. The molecule has 0 amide bonds. The van der Waals surface area contributed by atoms with Crippen LogP contribution in [0.4, 0.5) is 4.39 Å². The first-order valence-corrected chi connectivity index (χ1v) is 5.12. The fourth-order valence-corrected chi connectivity index (χ4v) is 1.10. The van der Waals surface area contributed by atoms with Gasteiger partial charge < -0.3 is 5.32 Å². The molecule has 5 heteroatoms. The second kappa shape index (κ2) is 6.68. The third-order valence-corrected chi connectivity index (χ3v) is 1.95. The van der Waals surface area contributed by atoms with E-state index < -0.39 is 0 Å². The van der Waals surface area contributed by atoms with E-state index >= 15 is 0 Å². The van der Waals surface area contributed by atoms with Crippen LogP contribution in [0, 0.1) is 5.82 Å². The van der Waals surface area contributed by atoms with Crippen LogP contribution in [0.2, 0.25) is 0 Å². The standard InChI is InChI=1S/C11H12FN3S/c1-2-7-13-11(16)15-14-8-9-3-5-10(12)6-4-9/h2-6,8H,1,7H2,(H2,13,15,16)/p+1. The fourth-order valence-electron chi connectivity index (χ4n) is 0.953. The largest absolute Gasteiger partial charge is 0.355 e. The Morgan fingerprint density at radius 2 is 2.12 bits per heavy atom. The number of hydrazine groups is 1. The molecular formula is C11H13FN3S+. The molecule has 0 bridgehead atoms. The topological polar surface area (TPSA) is 38.0 Å². The molecule has 0 fully saturated rings. The van der Waals surface area contributed by atoms with Crippen molar-refractivity contribution in [3.8, 4) is 0 Å². The van der Waals surface area contributed by atoms with E-state index in [1.807, 2.05) is 0 Å². The summed E-state index contributed by atoms with van der Waals surface area (Å²) in [4.78, 5) is 0. The molecule has 3 nitrogen and oxygen atoms in total. The van der Waals surface area contributed by atoms with Crippen LogP contribution in [-0.2, 0) is 0 Å². The maximum absolute atomic E-state index is 12.6. The summed E-state index contributed by atoms with van der Waals surface area (Å²) in [6.45, 7) is 4.16. The van der Waals surface area contributed by atoms with Gasteiger partial charge in [0.25, 0.3) is 0 Å². The van der Waals surface area contributed by atoms with Gasteiger partial charge in [-0.1, -0.05) is 6.08 Å². The lowest BCUT2D eigenvalue weighted by Crippen LogP contribution is -2.82. The van der Waals surface area contributed by atoms with Crippen molar-refractivity contribution in [2.75, 3.05) is 6.54 Å². The van der Waals surface area contributed by atoms with Gasteiger partial charge in [-0.3, -0.25) is 0 Å². The molecule has 1 rings (SSSR count). The Morgan fingerprint density at radius 3 is 2.75 bits per heavy atom. The number of rotatable bonds is 4. The highest BCUT2D eigenvalue weighted by molar-refractivity contribution is 7.80. The summed E-state index contributed by atoms with van der Waals surface area (Å²) in [5.41, 5.74) is 3.60. The van der Waals surface area contributed by atoms with Crippen molar-refractivity contribution in [2.24, 2.45) is 0 Å². The highest BCUT2D eigenvalue weighted by atomic mass is 32.1. The molecule has 0 aliphatic carbocycles. The lowest BCUT2D eigenvalue weighted by atomic mass is 10.2. The van der Waals surface area contributed by atoms with Crippen LogP contribution >= 0.6 is 12.2 Å². The molecule has 0 aliphatic rings. The van der Waals surface area contributed by atoms with Gasteiger partial charge in [0.15, 0.2) is 6.21 Å². The first-order chi connectivity index (χ1) is 7.72. The Morgan fingerprint density at radius 1 is 1.44 bits per heavy atom. The Kier molecular flexibility index (Phi) is 5.15. The zero-order valence-electron chi connectivity index (χ0n) is 8.66. The Bertz CT molecular complexity index is 387. The van der Waals surface area contributed by atoms with Crippen molar-refractivity contribution < 1.29 is 9.49 Å². The van der Waals surface area contributed by atoms with Crippen molar-refractivity contribution in [1.29, 1.82) is 0 Å². The zero-order valence-corrected chi connectivity index (χ0v) is 9.48. The molecule has 0 aliphatic heterocycles. The molecule has 1 aromatic carbocycles. The van der Waals surface area contributed by atoms with Crippen molar-refractivity contribution in [3.63, 3.8) is 0 Å². The van der Waals surface area contributed by atoms with E-state index in [1.54, 1.807) is 24.4 Å². The molecule has 0 atom stereocenters. The Labute approximate surface area is 99.1 Å². The summed E-state index contributed by atoms with van der Waals surface area (Å²) in [6.07, 6.45) is 3.39. The quantitative estimate of drug-likeness (QED) is 0.297. The van der Waals surface area contributed by atoms with E-state index in [2.05, 4.69) is 22.4 Å². The minimum Gasteiger partial charge on any atom is -0.355 e. The van der Waals surface area contributed by atoms with Gasteiger partial charge in [0.1, 0.15) is 5.82 Å². The van der Waals surface area contributed by atoms with E-state index in [-0.39, 0.29) is 5.82 Å². The second-order valence-electron chi connectivity index (χ2n) is 2.96. The smallest absolute Gasteiger partial charge is 0.224 e. The van der Waals surface area contributed by atoms with Gasteiger partial charge in [-0.25, -0.2) is 4.39 Å². The molecule has 1 aromatic rings. The third-order valence-electron chi connectivity index (χ3n) is 1.70. The van der Waals surface area contributed by atoms with Gasteiger partial charge >= 0.3 is 0 Å². The van der Waals surface area contributed by atoms with Crippen LogP contribution < -0.4 is 15.8 Å². The van der Waals surface area contributed by atoms with Gasteiger partial charge in [0.05, 0.1) is 0 Å². The molecule has 0 saturated heterocycles. The molecule has 84 valence electrons. The van der Waals surface area contributed by atoms with E-state index in [9.17, 15) is 4.39 Å². The number of nitrogens with one attached hydrogen (secondary N) is 3. The minimum atomic E-state index is -0.256. The summed E-state index contributed by atoms with van der Waals surface area (Å²) in [5.74, 6) is -0.256. The molecule has 0 radical (unpaired) electrons. The number of halogens is 1. The number of hydrogen-bond donors (Lipinski definition) is 3. The van der Waals surface area contributed by atoms with Gasteiger partial charge in [-0.05, 0) is 36.5 Å². The molecule has 0 spiro atoms. The fraction of sp³-hybridized carbons (Fsp3) is 0.0909. The van der Waals surface area contributed by atoms with Crippen LogP contribution in [-0.4, -0.2) is 17.9 Å². The lowest BCUT2D eigenvalue weighted by Gasteiger charge is -1.98. The van der Waals surface area contributed by atoms with Crippen molar-refractivity contribution in [3.05, 3.63) is 48.3 Å². The van der Waals surface area contributed by atoms with Crippen LogP contribution in [0.1, 0.15) is 5.56 Å². The summed E-state index contributed by atoms with van der Waals surface area (Å²) >= 11 is 4.94. The monoisotopic (exact) mass is 238 g/mol. The molecule has 16 heavy (non-hydrogen) atoms. The predicted octanol–water partition coefficient (Wildman–Crippen LogP) is -0.110. The SMILES string of the molecule is C=CCNC(=S)N[NH+]=Cc1ccc(F)cc1. The van der Waals surface area contributed by atoms with Gasteiger partial charge in [-0.2, -0.15) is 0 Å². The number of hydrogen-bond acceptors (Lipinski definition) is 1. The van der Waals surface area contributed by atoms with Crippen molar-refractivity contribution in [1.82, 2.24) is 10.7 Å². The van der Waals surface area contributed by atoms with E-state index in [0.717, 1.165) is 5.56 Å². The molecule has 0 heterocycles. The van der Waals surface area contributed by atoms with E-state index in [0.29, 0.717) is 11.7 Å². The molecule has 3 N–H and O–H groups in total. The third kappa shape index (κ3) is 4.65. The molecule has 0 saturated carbocycles. The number of benzene rings is 1. The zero-order chi connectivity index (χ0) is 11.8. The maximum atomic E-state index is 12.6. The molecule has 0 aromatic heterocycles. The summed E-state index contributed by atoms with van der Waals surface area (Å²) in [6, 6.07) is 6.10. The number of thiocarbonyl (C=S) groups is 1. The van der Waals surface area contributed by atoms with Crippen LogP contribution in [0.5, 0.6) is 0 Å². The summed E-state index contributed by atoms with van der Waals surface area (Å²) in [5, 5.41) is 6.15. The maximum Gasteiger partial charge on any atom is 0.224 e. The first kappa shape index (κ1) is 12.3. The van der Waals surface area contributed by atoms with Gasteiger partial charge in [0.2, 0.25) is 5.11 Å². The lowest BCUT2D eigenvalue weighted by molar-refractivity contribution is -0.500. The van der Waals surface area contributed by atoms with E-state index in [1.165, 1.54) is 12.1 Å². The summed E-state index contributed by atoms with van der Waals surface area (Å²) in [7, 11) is 0. The highest BCUT2D eigenvalue weighted by Crippen LogP contribution is 1.97. The molecular weight excluding hydrogens is 225 g/mol. The van der Waals surface area contributed by atoms with Crippen molar-refractivity contribution >= 4 is 23.5 Å². The van der Waals surface area contributed by atoms with Crippen LogP contribution in [0.3, 0.4) is 0 Å². The minimum absolute atomic E-state index is 0.256. The highest BCUT2D eigenvalue weighted by Gasteiger charge is 1.94. The van der Waals surface area contributed by atoms with E-state index in [4.69, 9.17) is 12.2 Å². The van der Waals surface area contributed by atoms with Crippen LogP contribution in [0.25, 0.3) is 0 Å². The Hall–Kier alpha value is -1.75. The number of hydrazone groups is 1. The van der Waals surface area contributed by atoms with Gasteiger partial charge in [0, 0.05) is 12.1 Å². The summed E-state index contributed by atoms with van der Waals surface area (Å²) < 4.78 is 12.6. The van der Waals surface area contributed by atoms with Crippen molar-refractivity contribution in [2.45, 2.75) is 0 Å². The average molecular weight is 238 g/mol. The molecule has 0 unspecified atom stereocenters. The Balaban J connectivity index is 2.39. The normalized spacial score (nSPS) is 10.1.